The maximum absolute atomic E-state index is 14.2. The Morgan fingerprint density at radius 2 is 1.86 bits per heavy atom. The van der Waals surface area contributed by atoms with E-state index in [0.29, 0.717) is 47.0 Å². The predicted molar refractivity (Wildman–Crippen MR) is 163 cm³/mol. The summed E-state index contributed by atoms with van der Waals surface area (Å²) in [6, 6.07) is 3.90. The average Bonchev–Trinajstić information content (AvgIpc) is 3.50. The third-order valence-corrected chi connectivity index (χ3v) is 10.3. The number of carbonyl (C=O) groups excluding carboxylic acids is 3. The van der Waals surface area contributed by atoms with Crippen molar-refractivity contribution in [2.75, 3.05) is 6.54 Å². The van der Waals surface area contributed by atoms with Crippen LogP contribution in [0.25, 0.3) is 11.0 Å². The number of benzene rings is 1. The molecule has 0 spiro atoms. The Morgan fingerprint density at radius 3 is 2.60 bits per heavy atom. The van der Waals surface area contributed by atoms with Gasteiger partial charge in [0.15, 0.2) is 0 Å². The van der Waals surface area contributed by atoms with E-state index in [9.17, 15) is 14.4 Å². The molecule has 10 heteroatoms. The van der Waals surface area contributed by atoms with Crippen molar-refractivity contribution in [2.24, 2.45) is 29.1 Å². The smallest absolute Gasteiger partial charge is 0.408 e. The molecule has 232 valence electrons. The molecule has 3 heterocycles. The summed E-state index contributed by atoms with van der Waals surface area (Å²) in [5.41, 5.74) is 1.56. The summed E-state index contributed by atoms with van der Waals surface area (Å²) in [5, 5.41) is 3.47. The third-order valence-electron chi connectivity index (χ3n) is 10.1. The maximum Gasteiger partial charge on any atom is 0.408 e. The van der Waals surface area contributed by atoms with Gasteiger partial charge in [-0.3, -0.25) is 4.79 Å². The lowest BCUT2D eigenvalue weighted by molar-refractivity contribution is -0.139. The van der Waals surface area contributed by atoms with E-state index in [1.165, 1.54) is 6.42 Å². The number of amides is 2. The number of aldehydes is 1. The lowest BCUT2D eigenvalue weighted by Crippen LogP contribution is -2.56. The van der Waals surface area contributed by atoms with Gasteiger partial charge in [0.2, 0.25) is 11.8 Å². The zero-order chi connectivity index (χ0) is 30.5. The second kappa shape index (κ2) is 11.9. The van der Waals surface area contributed by atoms with Gasteiger partial charge in [-0.2, -0.15) is 0 Å². The van der Waals surface area contributed by atoms with Crippen LogP contribution in [0.3, 0.4) is 0 Å². The quantitative estimate of drug-likeness (QED) is 0.431. The Balaban J connectivity index is 1.36. The summed E-state index contributed by atoms with van der Waals surface area (Å²) >= 11 is 6.28. The minimum absolute atomic E-state index is 0.125. The Hall–Kier alpha value is -2.94. The van der Waals surface area contributed by atoms with Crippen molar-refractivity contribution < 1.29 is 23.9 Å². The number of aromatic nitrogens is 2. The molecule has 9 nitrogen and oxygen atoms in total. The number of carbonyl (C=O) groups is 3. The number of aryl methyl sites for hydroxylation is 1. The first-order chi connectivity index (χ1) is 20.6. The number of nitrogens with zero attached hydrogens (tertiary/aromatic N) is 3. The first kappa shape index (κ1) is 30.1. The first-order valence-electron chi connectivity index (χ1n) is 15.9. The highest BCUT2D eigenvalue weighted by molar-refractivity contribution is 6.31. The molecule has 2 unspecified atom stereocenters. The van der Waals surface area contributed by atoms with E-state index in [1.807, 2.05) is 39.8 Å². The number of fused-ring (bicyclic) bond motifs is 7. The molecule has 1 aromatic carbocycles. The molecule has 2 bridgehead atoms. The molecule has 2 aromatic rings. The van der Waals surface area contributed by atoms with E-state index in [1.54, 1.807) is 11.0 Å². The molecule has 1 N–H and O–H groups in total. The topological polar surface area (TPSA) is 111 Å². The molecule has 2 saturated carbocycles. The summed E-state index contributed by atoms with van der Waals surface area (Å²) in [6.45, 7) is 7.93. The number of hydrogen-bond donors (Lipinski definition) is 1. The molecule has 6 rings (SSSR count). The zero-order valence-electron chi connectivity index (χ0n) is 25.6. The van der Waals surface area contributed by atoms with Crippen LogP contribution < -0.4 is 10.1 Å². The molecule has 2 aliphatic heterocycles. The van der Waals surface area contributed by atoms with Crippen molar-refractivity contribution in [1.82, 2.24) is 20.2 Å². The molecule has 3 fully saturated rings. The van der Waals surface area contributed by atoms with Crippen LogP contribution in [0.2, 0.25) is 5.02 Å². The molecular formula is C33H43ClN4O5. The van der Waals surface area contributed by atoms with Crippen molar-refractivity contribution >= 4 is 40.9 Å². The van der Waals surface area contributed by atoms with Crippen molar-refractivity contribution in [3.8, 4) is 5.88 Å². The summed E-state index contributed by atoms with van der Waals surface area (Å²) in [5.74, 6) is 1.50. The number of rotatable bonds is 2. The van der Waals surface area contributed by atoms with Crippen LogP contribution in [0, 0.1) is 29.1 Å². The van der Waals surface area contributed by atoms with Crippen LogP contribution in [0.1, 0.15) is 78.3 Å². The van der Waals surface area contributed by atoms with Crippen LogP contribution in [0.4, 0.5) is 4.79 Å². The normalized spacial score (nSPS) is 33.3. The van der Waals surface area contributed by atoms with E-state index >= 15 is 0 Å². The molecule has 1 saturated heterocycles. The van der Waals surface area contributed by atoms with Crippen molar-refractivity contribution in [2.45, 2.75) is 103 Å². The molecule has 2 amide bonds. The highest BCUT2D eigenvalue weighted by Gasteiger charge is 2.55. The molecule has 2 aliphatic carbocycles. The predicted octanol–water partition coefficient (Wildman–Crippen LogP) is 5.75. The second-order valence-electron chi connectivity index (χ2n) is 14.0. The van der Waals surface area contributed by atoms with E-state index in [0.717, 1.165) is 49.6 Å². The zero-order valence-corrected chi connectivity index (χ0v) is 26.3. The number of alkyl carbamates (subject to hydrolysis) is 1. The fourth-order valence-electron chi connectivity index (χ4n) is 7.69. The van der Waals surface area contributed by atoms with Gasteiger partial charge < -0.3 is 24.5 Å². The largest absolute Gasteiger partial charge is 0.471 e. The van der Waals surface area contributed by atoms with Gasteiger partial charge >= 0.3 is 6.09 Å². The van der Waals surface area contributed by atoms with Gasteiger partial charge in [-0.05, 0) is 79.9 Å². The summed E-state index contributed by atoms with van der Waals surface area (Å²) in [6.07, 6.45) is 7.13. The molecule has 8 atom stereocenters. The number of halogens is 1. The Morgan fingerprint density at radius 1 is 1.05 bits per heavy atom. The van der Waals surface area contributed by atoms with E-state index in [-0.39, 0.29) is 24.5 Å². The first-order valence-corrected chi connectivity index (χ1v) is 16.3. The monoisotopic (exact) mass is 610 g/mol. The standard InChI is InChI=1S/C33H43ClN4O5/c1-5-20-26(17-39)38-16-28(20)42-30-24(35-23-12-11-19(34)15-25(23)36-30)10-8-6-7-9-21-22-13-18(22)14-27(21)43-32(41)37-29(31(38)40)33(2,3)4/h11-12,15,17-18,20-22,26-29H,5-10,13-14,16H2,1-4H3,(H,37,41)/t18?,20-,21+,22?,26+,27+,28-,29+/m0/s1. The van der Waals surface area contributed by atoms with Crippen molar-refractivity contribution in [3.05, 3.63) is 28.9 Å². The number of hydrogen-bond acceptors (Lipinski definition) is 7. The van der Waals surface area contributed by atoms with Gasteiger partial charge in [0.1, 0.15) is 30.2 Å². The minimum atomic E-state index is -0.870. The lowest BCUT2D eigenvalue weighted by atomic mass is 9.85. The van der Waals surface area contributed by atoms with Gasteiger partial charge in [-0.15, -0.1) is 0 Å². The van der Waals surface area contributed by atoms with Gasteiger partial charge in [0.25, 0.3) is 0 Å². The van der Waals surface area contributed by atoms with Gasteiger partial charge in [-0.25, -0.2) is 14.8 Å². The highest BCUT2D eigenvalue weighted by atomic mass is 35.5. The Kier molecular flexibility index (Phi) is 8.31. The van der Waals surface area contributed by atoms with Gasteiger partial charge in [0, 0.05) is 10.9 Å². The molecule has 1 aromatic heterocycles. The number of nitrogens with one attached hydrogen (secondary N) is 1. The van der Waals surface area contributed by atoms with Crippen LogP contribution in [0.5, 0.6) is 5.88 Å². The van der Waals surface area contributed by atoms with Gasteiger partial charge in [0.05, 0.1) is 23.6 Å². The van der Waals surface area contributed by atoms with E-state index in [4.69, 9.17) is 31.0 Å². The SMILES string of the molecule is CC[C@@H]1[C@@H]2CN(C(=O)[C@H](C(C)(C)C)NC(=O)O[C@@H]3CC4CC4[C@H]3CCCCCc3nc4ccc(Cl)cc4nc3O2)[C@@H]1C=O. The second-order valence-corrected chi connectivity index (χ2v) is 14.4. The van der Waals surface area contributed by atoms with Crippen LogP contribution in [-0.2, 0) is 20.7 Å². The fourth-order valence-corrected chi connectivity index (χ4v) is 7.86. The lowest BCUT2D eigenvalue weighted by Gasteiger charge is -2.35. The van der Waals surface area contributed by atoms with Crippen LogP contribution in [0.15, 0.2) is 18.2 Å². The number of ether oxygens (including phenoxy) is 2. The van der Waals surface area contributed by atoms with Gasteiger partial charge in [-0.1, -0.05) is 52.1 Å². The average molecular weight is 611 g/mol. The molecule has 0 radical (unpaired) electrons. The molecule has 43 heavy (non-hydrogen) atoms. The van der Waals surface area contributed by atoms with E-state index < -0.39 is 29.7 Å². The van der Waals surface area contributed by atoms with E-state index in [2.05, 4.69) is 5.32 Å². The maximum atomic E-state index is 14.2. The van der Waals surface area contributed by atoms with Crippen molar-refractivity contribution in [3.63, 3.8) is 0 Å². The summed E-state index contributed by atoms with van der Waals surface area (Å²) in [7, 11) is 0. The van der Waals surface area contributed by atoms with Crippen LogP contribution >= 0.6 is 11.6 Å². The molecule has 4 aliphatic rings. The minimum Gasteiger partial charge on any atom is -0.471 e. The third kappa shape index (κ3) is 6.06. The highest BCUT2D eigenvalue weighted by Crippen LogP contribution is 2.57. The summed E-state index contributed by atoms with van der Waals surface area (Å²) < 4.78 is 12.6. The fraction of sp³-hybridized carbons (Fsp3) is 0.667. The summed E-state index contributed by atoms with van der Waals surface area (Å²) in [4.78, 5) is 51.3. The van der Waals surface area contributed by atoms with Crippen LogP contribution in [-0.4, -0.2) is 64.0 Å². The Labute approximate surface area is 258 Å². The Bertz CT molecular complexity index is 1400. The van der Waals surface area contributed by atoms with Crippen molar-refractivity contribution in [1.29, 1.82) is 0 Å². The molecular weight excluding hydrogens is 568 g/mol.